The molecule has 4 N–H and O–H groups in total. The molecule has 3 aliphatic rings. The van der Waals surface area contributed by atoms with E-state index in [9.17, 15) is 0 Å². The molecule has 0 atom stereocenters. The molecule has 0 fully saturated rings. The van der Waals surface area contributed by atoms with E-state index in [-0.39, 0.29) is 10.8 Å². The number of hydrogen-bond donors (Lipinski definition) is 4. The van der Waals surface area contributed by atoms with Gasteiger partial charge in [0.15, 0.2) is 0 Å². The van der Waals surface area contributed by atoms with Gasteiger partial charge in [-0.25, -0.2) is 0 Å². The zero-order valence-corrected chi connectivity index (χ0v) is 48.8. The first kappa shape index (κ1) is 52.5. The summed E-state index contributed by atoms with van der Waals surface area (Å²) in [6, 6.07) is 51.3. The average Bonchev–Trinajstić information content (AvgIpc) is 4.34. The summed E-state index contributed by atoms with van der Waals surface area (Å²) in [5.74, 6) is 0. The summed E-state index contributed by atoms with van der Waals surface area (Å²) < 4.78 is 2.01. The number of aromatic nitrogens is 4. The molecule has 0 saturated heterocycles. The highest BCUT2D eigenvalue weighted by Crippen LogP contribution is 2.58. The average molecular weight is 1140 g/mol. The molecule has 4 aromatic heterocycles. The Morgan fingerprint density at radius 1 is 0.303 bits per heavy atom. The Morgan fingerprint density at radius 2 is 0.632 bits per heavy atom. The fourth-order valence-corrected chi connectivity index (χ4v) is 15.0. The number of hydrogen-bond acceptors (Lipinski definition) is 0. The van der Waals surface area contributed by atoms with Crippen molar-refractivity contribution in [3.63, 3.8) is 0 Å². The van der Waals surface area contributed by atoms with Gasteiger partial charge in [0, 0.05) is 44.1 Å². The van der Waals surface area contributed by atoms with E-state index >= 15 is 0 Å². The quantitative estimate of drug-likeness (QED) is 0.0489. The lowest BCUT2D eigenvalue weighted by atomic mass is 9.68. The topological polar surface area (TPSA) is 63.2 Å². The number of nitrogens with one attached hydrogen (secondary N) is 4. The van der Waals surface area contributed by atoms with Crippen LogP contribution in [-0.4, -0.2) is 19.9 Å². The molecule has 392 valence electrons. The fourth-order valence-electron chi connectivity index (χ4n) is 14.1. The molecule has 4 nitrogen and oxygen atoms in total. The van der Waals surface area contributed by atoms with Crippen molar-refractivity contribution in [2.45, 2.75) is 167 Å². The highest BCUT2D eigenvalue weighted by molar-refractivity contribution is 9.15. The monoisotopic (exact) mass is 1130 g/mol. The number of benzene rings is 4. The van der Waals surface area contributed by atoms with Crippen LogP contribution >= 0.6 is 31.9 Å². The van der Waals surface area contributed by atoms with Gasteiger partial charge in [-0.3, -0.25) is 0 Å². The molecule has 4 aromatic carbocycles. The van der Waals surface area contributed by atoms with E-state index < -0.39 is 0 Å². The molecule has 0 radical (unpaired) electrons. The van der Waals surface area contributed by atoms with Gasteiger partial charge in [-0.05, 0) is 162 Å². The molecular weight excluding hydrogens is 1060 g/mol. The van der Waals surface area contributed by atoms with Crippen molar-refractivity contribution in [1.82, 2.24) is 19.9 Å². The summed E-state index contributed by atoms with van der Waals surface area (Å²) in [5, 5.41) is 4.25. The second-order valence-electron chi connectivity index (χ2n) is 22.5. The maximum atomic E-state index is 4.21. The zero-order valence-electron chi connectivity index (χ0n) is 45.6. The van der Waals surface area contributed by atoms with E-state index in [4.69, 9.17) is 0 Å². The van der Waals surface area contributed by atoms with E-state index in [2.05, 4.69) is 213 Å². The van der Waals surface area contributed by atoms with Gasteiger partial charge in [-0.2, -0.15) is 0 Å². The number of halogens is 2. The second-order valence-corrected chi connectivity index (χ2v) is 24.1. The molecule has 0 saturated carbocycles. The van der Waals surface area contributed by atoms with Crippen molar-refractivity contribution in [3.05, 3.63) is 211 Å². The summed E-state index contributed by atoms with van der Waals surface area (Å²) in [5.41, 5.74) is 20.7. The predicted molar refractivity (Wildman–Crippen MR) is 328 cm³/mol. The normalized spacial score (nSPS) is 14.8. The van der Waals surface area contributed by atoms with Crippen LogP contribution in [0.1, 0.15) is 212 Å². The first-order chi connectivity index (χ1) is 37.4. The van der Waals surface area contributed by atoms with Crippen LogP contribution in [0.5, 0.6) is 0 Å². The van der Waals surface area contributed by atoms with E-state index in [0.717, 1.165) is 78.8 Å². The maximum absolute atomic E-state index is 4.21. The largest absolute Gasteiger partial charge is 0.354 e. The predicted octanol–water partition coefficient (Wildman–Crippen LogP) is 17.3. The number of aromatic amines is 4. The third kappa shape index (κ3) is 9.56. The van der Waals surface area contributed by atoms with Crippen LogP contribution in [0.25, 0.3) is 42.4 Å². The molecule has 76 heavy (non-hydrogen) atoms. The summed E-state index contributed by atoms with van der Waals surface area (Å²) in [4.78, 5) is 16.1. The lowest BCUT2D eigenvalue weighted by Gasteiger charge is -2.35. The van der Waals surface area contributed by atoms with Gasteiger partial charge >= 0.3 is 0 Å². The number of H-pyrrole nitrogens is 4. The lowest BCUT2D eigenvalue weighted by molar-refractivity contribution is 0.400. The molecule has 11 rings (SSSR count). The lowest BCUT2D eigenvalue weighted by Crippen LogP contribution is -2.28. The minimum atomic E-state index is -0.0859. The third-order valence-electron chi connectivity index (χ3n) is 17.7. The molecule has 6 heteroatoms. The molecule has 0 spiro atoms. The summed E-state index contributed by atoms with van der Waals surface area (Å²) >= 11 is 8.41. The first-order valence-electron chi connectivity index (χ1n) is 29.4. The van der Waals surface area contributed by atoms with Crippen molar-refractivity contribution in [1.29, 1.82) is 0 Å². The Labute approximate surface area is 469 Å². The molecule has 8 bridgehead atoms. The van der Waals surface area contributed by atoms with Gasteiger partial charge in [0.25, 0.3) is 0 Å². The highest BCUT2D eigenvalue weighted by Gasteiger charge is 2.46. The number of unbranched alkanes of at least 4 members (excludes halogenated alkanes) is 12. The van der Waals surface area contributed by atoms with E-state index in [1.54, 1.807) is 0 Å². The zero-order chi connectivity index (χ0) is 52.2. The van der Waals surface area contributed by atoms with Crippen molar-refractivity contribution < 1.29 is 0 Å². The molecule has 8 aromatic rings. The van der Waals surface area contributed by atoms with Crippen LogP contribution < -0.4 is 21.4 Å². The Bertz CT molecular complexity index is 3350. The molecule has 0 unspecified atom stereocenters. The Hall–Kier alpha value is -5.56. The van der Waals surface area contributed by atoms with Gasteiger partial charge in [0.1, 0.15) is 0 Å². The molecule has 2 aliphatic carbocycles. The fraction of sp³-hybridized carbons (Fsp3) is 0.371. The van der Waals surface area contributed by atoms with Gasteiger partial charge in [0.05, 0.1) is 31.1 Å². The third-order valence-corrected chi connectivity index (χ3v) is 19.4. The second kappa shape index (κ2) is 23.2. The van der Waals surface area contributed by atoms with Crippen molar-refractivity contribution in [2.24, 2.45) is 0 Å². The smallest absolute Gasteiger partial charge is 0.0645 e. The Kier molecular flexibility index (Phi) is 16.0. The minimum absolute atomic E-state index is 0.0859. The number of rotatable bonds is 22. The van der Waals surface area contributed by atoms with Crippen molar-refractivity contribution in [3.8, 4) is 22.3 Å². The SMILES string of the molecule is CCCCCCC1(CCCCCC)c2ccccc2-c2cccc(C3=c4ccc([nH]4)=C(Br)c4ccc([nH]4)C(c4cccc5c4C(CCCCCC)(CCCCCC)c4ccccc4-5)=c4ccc([nH]4)=C(Br)c4ccc3[nH]4)c21. The van der Waals surface area contributed by atoms with Gasteiger partial charge in [0.2, 0.25) is 0 Å². The Balaban J connectivity index is 1.12. The van der Waals surface area contributed by atoms with Crippen LogP contribution in [0.4, 0.5) is 0 Å². The van der Waals surface area contributed by atoms with Gasteiger partial charge in [-0.1, -0.05) is 215 Å². The molecule has 0 amide bonds. The standard InChI is InChI=1S/C70H78Br2N4/c1-5-9-13-21-43-69(44-22-14-10-6-2)53-33-19-17-27-47(53)49-29-25-31-51(65(49)69)63-55-35-39-59(73-55)67(71)61-41-37-57(75-61)64(58-38-42-62(76-58)68(72)60-40-36-56(63)74-60)52-32-26-30-50-48-28-18-20-34-54(48)70(66(50)52,45-23-15-11-7-3)46-24-16-12-8-4/h17-20,25-42,73-76H,5-16,21-24,43-46H2,1-4H3. The Morgan fingerprint density at radius 3 is 1.01 bits per heavy atom. The van der Waals surface area contributed by atoms with E-state index in [1.165, 1.54) is 170 Å². The number of fused-ring (bicyclic) bond motifs is 14. The summed E-state index contributed by atoms with van der Waals surface area (Å²) in [6.07, 6.45) is 24.6. The van der Waals surface area contributed by atoms with Crippen molar-refractivity contribution in [2.75, 3.05) is 0 Å². The molecule has 1 aliphatic heterocycles. The van der Waals surface area contributed by atoms with Crippen LogP contribution in [0.2, 0.25) is 0 Å². The molecule has 5 heterocycles. The molecular formula is C70H78Br2N4. The van der Waals surface area contributed by atoms with Crippen LogP contribution in [0, 0.1) is 0 Å². The highest BCUT2D eigenvalue weighted by atomic mass is 79.9. The van der Waals surface area contributed by atoms with Crippen LogP contribution in [0.15, 0.2) is 133 Å². The van der Waals surface area contributed by atoms with Crippen LogP contribution in [0.3, 0.4) is 0 Å². The van der Waals surface area contributed by atoms with Gasteiger partial charge < -0.3 is 19.9 Å². The van der Waals surface area contributed by atoms with Crippen molar-refractivity contribution >= 4 is 52.0 Å². The maximum Gasteiger partial charge on any atom is 0.0645 e. The summed E-state index contributed by atoms with van der Waals surface area (Å²) in [6.45, 7) is 9.32. The van der Waals surface area contributed by atoms with Crippen LogP contribution in [-0.2, 0) is 10.8 Å². The first-order valence-corrected chi connectivity index (χ1v) is 31.0. The van der Waals surface area contributed by atoms with Gasteiger partial charge in [-0.15, -0.1) is 0 Å². The minimum Gasteiger partial charge on any atom is -0.354 e. The van der Waals surface area contributed by atoms with E-state index in [0.29, 0.717) is 0 Å². The summed E-state index contributed by atoms with van der Waals surface area (Å²) in [7, 11) is 0. The van der Waals surface area contributed by atoms with E-state index in [1.807, 2.05) is 0 Å².